The monoisotopic (exact) mass is 264 g/mol. The molecule has 1 aromatic carbocycles. The zero-order chi connectivity index (χ0) is 14.0. The van der Waals surface area contributed by atoms with Gasteiger partial charge in [0.15, 0.2) is 0 Å². The first kappa shape index (κ1) is 14.2. The molecule has 4 nitrogen and oxygen atoms in total. The van der Waals surface area contributed by atoms with Crippen molar-refractivity contribution in [1.82, 2.24) is 0 Å². The lowest BCUT2D eigenvalue weighted by Gasteiger charge is -2.43. The number of ether oxygens (including phenoxy) is 1. The first-order valence-electron chi connectivity index (χ1n) is 6.79. The van der Waals surface area contributed by atoms with E-state index in [4.69, 9.17) is 10.5 Å². The zero-order valence-electron chi connectivity index (χ0n) is 12.0. The van der Waals surface area contributed by atoms with Crippen LogP contribution >= 0.6 is 0 Å². The van der Waals surface area contributed by atoms with Gasteiger partial charge in [-0.1, -0.05) is 13.0 Å². The van der Waals surface area contributed by atoms with Crippen LogP contribution in [0.15, 0.2) is 18.2 Å². The molecule has 19 heavy (non-hydrogen) atoms. The van der Waals surface area contributed by atoms with Crippen LogP contribution in [0.5, 0.6) is 5.75 Å². The molecule has 0 amide bonds. The highest BCUT2D eigenvalue weighted by atomic mass is 16.5. The number of anilines is 1. The summed E-state index contributed by atoms with van der Waals surface area (Å²) in [5, 5.41) is 9.77. The number of methoxy groups -OCH3 is 1. The van der Waals surface area contributed by atoms with Crippen LogP contribution in [0.2, 0.25) is 0 Å². The fourth-order valence-electron chi connectivity index (χ4n) is 2.74. The zero-order valence-corrected chi connectivity index (χ0v) is 12.0. The molecule has 0 aromatic heterocycles. The first-order chi connectivity index (χ1) is 8.96. The molecule has 1 heterocycles. The van der Waals surface area contributed by atoms with Crippen LogP contribution in [0, 0.1) is 12.3 Å². The number of hydrogen-bond donors (Lipinski definition) is 2. The standard InChI is InChI=1S/C15H24N2O2/c1-11-5-6-12(9-13(11)19-3)17-8-4-7-15(2,10-17)14(16)18/h5-6,9,14,18H,4,7-8,10,16H2,1-3H3/t14?,15-/m1/s1. The Kier molecular flexibility index (Phi) is 4.02. The SMILES string of the molecule is COc1cc(N2CCC[C@@](C)(C(N)O)C2)ccc1C. The van der Waals surface area contributed by atoms with E-state index in [-0.39, 0.29) is 5.41 Å². The number of aryl methyl sites for hydroxylation is 1. The van der Waals surface area contributed by atoms with Crippen LogP contribution in [0.3, 0.4) is 0 Å². The Morgan fingerprint density at radius 3 is 2.84 bits per heavy atom. The topological polar surface area (TPSA) is 58.7 Å². The lowest BCUT2D eigenvalue weighted by molar-refractivity contribution is 0.0315. The highest BCUT2D eigenvalue weighted by Gasteiger charge is 2.35. The summed E-state index contributed by atoms with van der Waals surface area (Å²) in [5.74, 6) is 0.901. The second-order valence-electron chi connectivity index (χ2n) is 5.78. The predicted octanol–water partition coefficient (Wildman–Crippen LogP) is 1.89. The molecule has 106 valence electrons. The summed E-state index contributed by atoms with van der Waals surface area (Å²) < 4.78 is 5.38. The van der Waals surface area contributed by atoms with Crippen molar-refractivity contribution in [2.75, 3.05) is 25.1 Å². The van der Waals surface area contributed by atoms with E-state index in [0.29, 0.717) is 0 Å². The van der Waals surface area contributed by atoms with Crippen molar-refractivity contribution in [2.45, 2.75) is 32.9 Å². The van der Waals surface area contributed by atoms with Gasteiger partial charge in [-0.3, -0.25) is 0 Å². The maximum Gasteiger partial charge on any atom is 0.123 e. The van der Waals surface area contributed by atoms with E-state index in [2.05, 4.69) is 30.0 Å². The van der Waals surface area contributed by atoms with Gasteiger partial charge in [-0.05, 0) is 31.4 Å². The molecule has 1 saturated heterocycles. The van der Waals surface area contributed by atoms with E-state index >= 15 is 0 Å². The van der Waals surface area contributed by atoms with Crippen molar-refractivity contribution < 1.29 is 9.84 Å². The third-order valence-corrected chi connectivity index (χ3v) is 4.20. The maximum atomic E-state index is 9.77. The van der Waals surface area contributed by atoms with Crippen LogP contribution in [0.4, 0.5) is 5.69 Å². The second kappa shape index (κ2) is 5.39. The molecule has 2 rings (SSSR count). The van der Waals surface area contributed by atoms with Crippen molar-refractivity contribution in [3.63, 3.8) is 0 Å². The van der Waals surface area contributed by atoms with Gasteiger partial charge in [0.1, 0.15) is 12.0 Å². The summed E-state index contributed by atoms with van der Waals surface area (Å²) in [5.41, 5.74) is 7.75. The molecule has 4 heteroatoms. The lowest BCUT2D eigenvalue weighted by Crippen LogP contribution is -2.51. The first-order valence-corrected chi connectivity index (χ1v) is 6.79. The van der Waals surface area contributed by atoms with Crippen LogP contribution in [-0.2, 0) is 0 Å². The summed E-state index contributed by atoms with van der Waals surface area (Å²) in [6.07, 6.45) is 1.23. The smallest absolute Gasteiger partial charge is 0.123 e. The summed E-state index contributed by atoms with van der Waals surface area (Å²) in [4.78, 5) is 2.28. The van der Waals surface area contributed by atoms with Gasteiger partial charge < -0.3 is 20.5 Å². The Bertz CT molecular complexity index is 448. The highest BCUT2D eigenvalue weighted by molar-refractivity contribution is 5.54. The Hall–Kier alpha value is -1.26. The fourth-order valence-corrected chi connectivity index (χ4v) is 2.74. The van der Waals surface area contributed by atoms with E-state index in [1.54, 1.807) is 7.11 Å². The molecule has 1 aliphatic heterocycles. The van der Waals surface area contributed by atoms with E-state index < -0.39 is 6.23 Å². The highest BCUT2D eigenvalue weighted by Crippen LogP contribution is 2.35. The number of aliphatic hydroxyl groups excluding tert-OH is 1. The van der Waals surface area contributed by atoms with E-state index in [9.17, 15) is 5.11 Å². The number of benzene rings is 1. The van der Waals surface area contributed by atoms with Gasteiger partial charge in [-0.2, -0.15) is 0 Å². The van der Waals surface area contributed by atoms with E-state index in [1.165, 1.54) is 0 Å². The summed E-state index contributed by atoms with van der Waals surface area (Å²) in [6.45, 7) is 5.85. The molecule has 2 atom stereocenters. The van der Waals surface area contributed by atoms with Gasteiger partial charge in [-0.25, -0.2) is 0 Å². The van der Waals surface area contributed by atoms with Crippen LogP contribution < -0.4 is 15.4 Å². The molecule has 0 saturated carbocycles. The molecular weight excluding hydrogens is 240 g/mol. The Labute approximate surface area is 115 Å². The van der Waals surface area contributed by atoms with Gasteiger partial charge in [0.05, 0.1) is 7.11 Å². The third-order valence-electron chi connectivity index (χ3n) is 4.20. The van der Waals surface area contributed by atoms with Crippen LogP contribution in [0.1, 0.15) is 25.3 Å². The minimum atomic E-state index is -0.775. The summed E-state index contributed by atoms with van der Waals surface area (Å²) >= 11 is 0. The summed E-state index contributed by atoms with van der Waals surface area (Å²) in [6, 6.07) is 6.23. The number of nitrogens with two attached hydrogens (primary N) is 1. The molecule has 0 bridgehead atoms. The Morgan fingerprint density at radius 2 is 2.21 bits per heavy atom. The van der Waals surface area contributed by atoms with Crippen molar-refractivity contribution in [3.05, 3.63) is 23.8 Å². The molecule has 3 N–H and O–H groups in total. The van der Waals surface area contributed by atoms with Gasteiger partial charge >= 0.3 is 0 Å². The average molecular weight is 264 g/mol. The van der Waals surface area contributed by atoms with Gasteiger partial charge in [-0.15, -0.1) is 0 Å². The van der Waals surface area contributed by atoms with Crippen molar-refractivity contribution in [1.29, 1.82) is 0 Å². The molecule has 1 aliphatic rings. The van der Waals surface area contributed by atoms with E-state index in [1.807, 2.05) is 6.92 Å². The second-order valence-corrected chi connectivity index (χ2v) is 5.78. The van der Waals surface area contributed by atoms with Gasteiger partial charge in [0, 0.05) is 30.3 Å². The molecule has 1 aromatic rings. The number of nitrogens with zero attached hydrogens (tertiary/aromatic N) is 1. The van der Waals surface area contributed by atoms with Crippen LogP contribution in [-0.4, -0.2) is 31.5 Å². The Morgan fingerprint density at radius 1 is 1.47 bits per heavy atom. The summed E-state index contributed by atoms with van der Waals surface area (Å²) in [7, 11) is 1.69. The molecule has 1 fully saturated rings. The lowest BCUT2D eigenvalue weighted by atomic mass is 9.80. The van der Waals surface area contributed by atoms with Crippen LogP contribution in [0.25, 0.3) is 0 Å². The quantitative estimate of drug-likeness (QED) is 0.819. The fraction of sp³-hybridized carbons (Fsp3) is 0.600. The predicted molar refractivity (Wildman–Crippen MR) is 77.5 cm³/mol. The molecule has 0 spiro atoms. The molecule has 1 unspecified atom stereocenters. The Balaban J connectivity index is 2.22. The third kappa shape index (κ3) is 2.85. The van der Waals surface area contributed by atoms with Gasteiger partial charge in [0.2, 0.25) is 0 Å². The molecule has 0 radical (unpaired) electrons. The number of rotatable bonds is 3. The van der Waals surface area contributed by atoms with Crippen molar-refractivity contribution in [3.8, 4) is 5.75 Å². The van der Waals surface area contributed by atoms with Crippen molar-refractivity contribution in [2.24, 2.45) is 11.1 Å². The minimum Gasteiger partial charge on any atom is -0.496 e. The average Bonchev–Trinajstić information content (AvgIpc) is 2.39. The van der Waals surface area contributed by atoms with Gasteiger partial charge in [0.25, 0.3) is 0 Å². The number of piperidine rings is 1. The molecular formula is C15H24N2O2. The minimum absolute atomic E-state index is 0.240. The number of aliphatic hydroxyl groups is 1. The largest absolute Gasteiger partial charge is 0.496 e. The maximum absolute atomic E-state index is 9.77. The number of hydrogen-bond acceptors (Lipinski definition) is 4. The molecule has 0 aliphatic carbocycles. The normalized spacial score (nSPS) is 25.2. The van der Waals surface area contributed by atoms with Crippen molar-refractivity contribution >= 4 is 5.69 Å². The van der Waals surface area contributed by atoms with E-state index in [0.717, 1.165) is 42.9 Å².